The summed E-state index contributed by atoms with van der Waals surface area (Å²) in [6.07, 6.45) is 2.71. The van der Waals surface area contributed by atoms with Crippen molar-refractivity contribution in [1.82, 2.24) is 4.98 Å². The summed E-state index contributed by atoms with van der Waals surface area (Å²) in [6.45, 7) is 4.03. The molecule has 0 saturated carbocycles. The van der Waals surface area contributed by atoms with Gasteiger partial charge in [-0.05, 0) is 50.5 Å². The molecule has 3 nitrogen and oxygen atoms in total. The minimum Gasteiger partial charge on any atom is -0.491 e. The van der Waals surface area contributed by atoms with Crippen LogP contribution in [0.5, 0.6) is 5.75 Å². The highest BCUT2D eigenvalue weighted by molar-refractivity contribution is 5.33. The number of rotatable bonds is 6. The van der Waals surface area contributed by atoms with E-state index in [4.69, 9.17) is 4.74 Å². The van der Waals surface area contributed by atoms with Crippen LogP contribution in [0.15, 0.2) is 48.7 Å². The molecule has 1 heterocycles. The summed E-state index contributed by atoms with van der Waals surface area (Å²) >= 11 is 0. The summed E-state index contributed by atoms with van der Waals surface area (Å²) in [5.41, 5.74) is 1.84. The van der Waals surface area contributed by atoms with Gasteiger partial charge in [-0.2, -0.15) is 0 Å². The van der Waals surface area contributed by atoms with Gasteiger partial charge < -0.3 is 9.84 Å². The minimum atomic E-state index is -0.539. The Morgan fingerprint density at radius 3 is 2.55 bits per heavy atom. The molecular formula is C17H21NO2. The number of benzene rings is 1. The van der Waals surface area contributed by atoms with Crippen molar-refractivity contribution < 1.29 is 9.84 Å². The van der Waals surface area contributed by atoms with Crippen LogP contribution in [-0.4, -0.2) is 16.2 Å². The van der Waals surface area contributed by atoms with Gasteiger partial charge in [0, 0.05) is 6.20 Å². The summed E-state index contributed by atoms with van der Waals surface area (Å²) in [5, 5.41) is 10.2. The van der Waals surface area contributed by atoms with Crippen LogP contribution in [0, 0.1) is 0 Å². The number of aliphatic hydroxyl groups is 1. The van der Waals surface area contributed by atoms with Gasteiger partial charge in [0.05, 0.1) is 17.9 Å². The lowest BCUT2D eigenvalue weighted by Gasteiger charge is -2.15. The summed E-state index contributed by atoms with van der Waals surface area (Å²) in [4.78, 5) is 4.18. The molecule has 1 aromatic heterocycles. The lowest BCUT2D eigenvalue weighted by Crippen LogP contribution is -2.08. The molecule has 0 aliphatic rings. The molecule has 0 aliphatic carbocycles. The van der Waals surface area contributed by atoms with Gasteiger partial charge in [-0.3, -0.25) is 4.98 Å². The highest BCUT2D eigenvalue weighted by atomic mass is 16.5. The van der Waals surface area contributed by atoms with E-state index >= 15 is 0 Å². The van der Waals surface area contributed by atoms with E-state index in [9.17, 15) is 5.11 Å². The van der Waals surface area contributed by atoms with E-state index in [0.29, 0.717) is 6.42 Å². The van der Waals surface area contributed by atoms with Gasteiger partial charge in [-0.25, -0.2) is 0 Å². The van der Waals surface area contributed by atoms with Crippen molar-refractivity contribution in [1.29, 1.82) is 0 Å². The van der Waals surface area contributed by atoms with E-state index < -0.39 is 6.10 Å². The first-order valence-electron chi connectivity index (χ1n) is 7.00. The van der Waals surface area contributed by atoms with Gasteiger partial charge in [0.15, 0.2) is 0 Å². The smallest absolute Gasteiger partial charge is 0.122 e. The molecule has 0 radical (unpaired) electrons. The maximum atomic E-state index is 10.2. The number of aryl methyl sites for hydroxylation is 1. The van der Waals surface area contributed by atoms with Crippen LogP contribution in [0.25, 0.3) is 0 Å². The fourth-order valence-electron chi connectivity index (χ4n) is 2.09. The Labute approximate surface area is 120 Å². The molecule has 0 saturated heterocycles. The van der Waals surface area contributed by atoms with Gasteiger partial charge >= 0.3 is 0 Å². The van der Waals surface area contributed by atoms with Gasteiger partial charge in [-0.15, -0.1) is 0 Å². The molecular weight excluding hydrogens is 250 g/mol. The Morgan fingerprint density at radius 2 is 1.85 bits per heavy atom. The fraction of sp³-hybridized carbons (Fsp3) is 0.353. The third-order valence-corrected chi connectivity index (χ3v) is 3.05. The Hall–Kier alpha value is -1.87. The first kappa shape index (κ1) is 14.5. The zero-order valence-corrected chi connectivity index (χ0v) is 12.0. The van der Waals surface area contributed by atoms with Crippen molar-refractivity contribution in [2.45, 2.75) is 38.9 Å². The number of pyridine rings is 1. The van der Waals surface area contributed by atoms with Crippen LogP contribution in [0.2, 0.25) is 0 Å². The van der Waals surface area contributed by atoms with Gasteiger partial charge in [0.25, 0.3) is 0 Å². The molecule has 0 amide bonds. The number of ether oxygens (including phenoxy) is 1. The lowest BCUT2D eigenvalue weighted by atomic mass is 10.0. The lowest BCUT2D eigenvalue weighted by molar-refractivity contribution is 0.162. The van der Waals surface area contributed by atoms with E-state index in [1.54, 1.807) is 6.20 Å². The summed E-state index contributed by atoms with van der Waals surface area (Å²) in [6, 6.07) is 13.6. The predicted octanol–water partition coefficient (Wildman–Crippen LogP) is 3.54. The first-order chi connectivity index (χ1) is 9.66. The zero-order chi connectivity index (χ0) is 14.4. The predicted molar refractivity (Wildman–Crippen MR) is 79.7 cm³/mol. The topological polar surface area (TPSA) is 42.4 Å². The SMILES string of the molecule is CC(C)Oc1ccccc1CCC(O)c1ccccn1. The summed E-state index contributed by atoms with van der Waals surface area (Å²) in [5.74, 6) is 0.899. The summed E-state index contributed by atoms with van der Waals surface area (Å²) < 4.78 is 5.79. The van der Waals surface area contributed by atoms with Gasteiger partial charge in [0.2, 0.25) is 0 Å². The molecule has 1 N–H and O–H groups in total. The largest absolute Gasteiger partial charge is 0.491 e. The van der Waals surface area contributed by atoms with Crippen molar-refractivity contribution in [2.24, 2.45) is 0 Å². The van der Waals surface area contributed by atoms with Crippen molar-refractivity contribution >= 4 is 0 Å². The standard InChI is InChI=1S/C17H21NO2/c1-13(2)20-17-9-4-3-7-14(17)10-11-16(19)15-8-5-6-12-18-15/h3-9,12-13,16,19H,10-11H2,1-2H3. The summed E-state index contributed by atoms with van der Waals surface area (Å²) in [7, 11) is 0. The number of aliphatic hydroxyl groups excluding tert-OH is 1. The molecule has 1 unspecified atom stereocenters. The first-order valence-corrected chi connectivity index (χ1v) is 7.00. The van der Waals surface area contributed by atoms with Gasteiger partial charge in [0.1, 0.15) is 5.75 Å². The molecule has 1 aromatic carbocycles. The Morgan fingerprint density at radius 1 is 1.10 bits per heavy atom. The van der Waals surface area contributed by atoms with E-state index in [2.05, 4.69) is 4.98 Å². The Kier molecular flexibility index (Phi) is 5.13. The molecule has 20 heavy (non-hydrogen) atoms. The molecule has 2 rings (SSSR count). The fourth-order valence-corrected chi connectivity index (χ4v) is 2.09. The number of aromatic nitrogens is 1. The number of hydrogen-bond donors (Lipinski definition) is 1. The van der Waals surface area contributed by atoms with Crippen LogP contribution < -0.4 is 4.74 Å². The van der Waals surface area contributed by atoms with Crippen LogP contribution in [0.4, 0.5) is 0 Å². The molecule has 1 atom stereocenters. The van der Waals surface area contributed by atoms with Crippen molar-refractivity contribution in [2.75, 3.05) is 0 Å². The number of nitrogens with zero attached hydrogens (tertiary/aromatic N) is 1. The molecule has 0 bridgehead atoms. The Bertz CT molecular complexity index is 526. The second kappa shape index (κ2) is 7.06. The molecule has 3 heteroatoms. The van der Waals surface area contributed by atoms with Crippen LogP contribution in [0.3, 0.4) is 0 Å². The second-order valence-corrected chi connectivity index (χ2v) is 5.08. The van der Waals surface area contributed by atoms with E-state index in [0.717, 1.165) is 23.4 Å². The minimum absolute atomic E-state index is 0.150. The molecule has 2 aromatic rings. The second-order valence-electron chi connectivity index (χ2n) is 5.08. The molecule has 106 valence electrons. The third kappa shape index (κ3) is 4.07. The Balaban J connectivity index is 2.00. The quantitative estimate of drug-likeness (QED) is 0.874. The van der Waals surface area contributed by atoms with Crippen molar-refractivity contribution in [3.05, 3.63) is 59.9 Å². The molecule has 0 spiro atoms. The van der Waals surface area contributed by atoms with Crippen LogP contribution >= 0.6 is 0 Å². The highest BCUT2D eigenvalue weighted by Gasteiger charge is 2.11. The highest BCUT2D eigenvalue weighted by Crippen LogP contribution is 2.24. The van der Waals surface area contributed by atoms with Crippen LogP contribution in [-0.2, 0) is 6.42 Å². The molecule has 0 aliphatic heterocycles. The monoisotopic (exact) mass is 271 g/mol. The van der Waals surface area contributed by atoms with E-state index in [-0.39, 0.29) is 6.10 Å². The van der Waals surface area contributed by atoms with E-state index in [1.165, 1.54) is 0 Å². The van der Waals surface area contributed by atoms with E-state index in [1.807, 2.05) is 56.3 Å². The van der Waals surface area contributed by atoms with Crippen molar-refractivity contribution in [3.63, 3.8) is 0 Å². The normalized spacial score (nSPS) is 12.4. The van der Waals surface area contributed by atoms with Crippen LogP contribution in [0.1, 0.15) is 37.6 Å². The maximum Gasteiger partial charge on any atom is 0.122 e. The number of hydrogen-bond acceptors (Lipinski definition) is 3. The maximum absolute atomic E-state index is 10.2. The van der Waals surface area contributed by atoms with Gasteiger partial charge in [-0.1, -0.05) is 24.3 Å². The average Bonchev–Trinajstić information content (AvgIpc) is 2.46. The zero-order valence-electron chi connectivity index (χ0n) is 12.0. The number of para-hydroxylation sites is 1. The third-order valence-electron chi connectivity index (χ3n) is 3.05. The molecule has 0 fully saturated rings. The average molecular weight is 271 g/mol. The van der Waals surface area contributed by atoms with Crippen molar-refractivity contribution in [3.8, 4) is 5.75 Å².